The average Bonchev–Trinajstić information content (AvgIpc) is 3.00. The van der Waals surface area contributed by atoms with Crippen molar-refractivity contribution in [3.8, 4) is 5.75 Å². The number of primary sulfonamides is 1. The van der Waals surface area contributed by atoms with Gasteiger partial charge in [0.15, 0.2) is 6.29 Å². The lowest BCUT2D eigenvalue weighted by atomic mass is 10.2. The summed E-state index contributed by atoms with van der Waals surface area (Å²) in [6.07, 6.45) is 2.57. The van der Waals surface area contributed by atoms with Crippen LogP contribution in [0.3, 0.4) is 0 Å². The van der Waals surface area contributed by atoms with Gasteiger partial charge in [0, 0.05) is 11.6 Å². The summed E-state index contributed by atoms with van der Waals surface area (Å²) >= 11 is 0. The Morgan fingerprint density at radius 1 is 1.38 bits per heavy atom. The minimum absolute atomic E-state index is 0.0469. The SMILES string of the molecule is NS(=O)(=O)c1cc(OC2CC2)ccc1C=O. The van der Waals surface area contributed by atoms with E-state index in [1.54, 1.807) is 6.07 Å². The normalized spacial score (nSPS) is 15.8. The molecule has 0 heterocycles. The molecule has 1 aliphatic carbocycles. The summed E-state index contributed by atoms with van der Waals surface area (Å²) in [7, 11) is -3.89. The Bertz CT molecular complexity index is 520. The highest BCUT2D eigenvalue weighted by Crippen LogP contribution is 2.28. The number of ether oxygens (including phenoxy) is 1. The maximum Gasteiger partial charge on any atom is 0.238 e. The van der Waals surface area contributed by atoms with E-state index in [1.807, 2.05) is 0 Å². The highest BCUT2D eigenvalue weighted by atomic mass is 32.2. The molecule has 0 unspecified atom stereocenters. The van der Waals surface area contributed by atoms with Crippen LogP contribution in [0.1, 0.15) is 23.2 Å². The van der Waals surface area contributed by atoms with Gasteiger partial charge in [0.1, 0.15) is 5.75 Å². The molecule has 86 valence electrons. The largest absolute Gasteiger partial charge is 0.490 e. The summed E-state index contributed by atoms with van der Waals surface area (Å²) in [5.74, 6) is 0.428. The van der Waals surface area contributed by atoms with Crippen LogP contribution in [0.4, 0.5) is 0 Å². The maximum atomic E-state index is 11.2. The summed E-state index contributed by atoms with van der Waals surface area (Å²) in [6.45, 7) is 0. The van der Waals surface area contributed by atoms with Gasteiger partial charge in [-0.3, -0.25) is 4.79 Å². The van der Waals surface area contributed by atoms with E-state index in [4.69, 9.17) is 9.88 Å². The Morgan fingerprint density at radius 3 is 2.56 bits per heavy atom. The predicted molar refractivity (Wildman–Crippen MR) is 56.9 cm³/mol. The van der Waals surface area contributed by atoms with Gasteiger partial charge in [0.25, 0.3) is 0 Å². The fourth-order valence-electron chi connectivity index (χ4n) is 1.31. The molecule has 2 N–H and O–H groups in total. The third kappa shape index (κ3) is 2.40. The number of carbonyl (C=O) groups is 1. The molecule has 1 saturated carbocycles. The molecule has 0 aliphatic heterocycles. The average molecular weight is 241 g/mol. The quantitative estimate of drug-likeness (QED) is 0.785. The number of nitrogens with two attached hydrogens (primary N) is 1. The minimum Gasteiger partial charge on any atom is -0.490 e. The van der Waals surface area contributed by atoms with Crippen molar-refractivity contribution in [2.75, 3.05) is 0 Å². The molecule has 0 bridgehead atoms. The van der Waals surface area contributed by atoms with Gasteiger partial charge < -0.3 is 4.74 Å². The lowest BCUT2D eigenvalue weighted by molar-refractivity contribution is 0.112. The van der Waals surface area contributed by atoms with E-state index in [1.165, 1.54) is 12.1 Å². The van der Waals surface area contributed by atoms with Gasteiger partial charge in [0.2, 0.25) is 10.0 Å². The maximum absolute atomic E-state index is 11.2. The van der Waals surface area contributed by atoms with E-state index in [-0.39, 0.29) is 16.6 Å². The standard InChI is InChI=1S/C10H11NO4S/c11-16(13,14)10-5-9(15-8-3-4-8)2-1-7(10)6-12/h1-2,5-6,8H,3-4H2,(H2,11,13,14). The number of sulfonamides is 1. The molecular weight excluding hydrogens is 230 g/mol. The summed E-state index contributed by atoms with van der Waals surface area (Å²) in [5, 5.41) is 5.01. The van der Waals surface area contributed by atoms with Crippen molar-refractivity contribution < 1.29 is 17.9 Å². The molecule has 16 heavy (non-hydrogen) atoms. The molecule has 0 spiro atoms. The fourth-order valence-corrected chi connectivity index (χ4v) is 2.04. The number of hydrogen-bond acceptors (Lipinski definition) is 4. The van der Waals surface area contributed by atoms with Crippen LogP contribution in [0, 0.1) is 0 Å². The highest BCUT2D eigenvalue weighted by molar-refractivity contribution is 7.89. The van der Waals surface area contributed by atoms with Crippen molar-refractivity contribution in [3.63, 3.8) is 0 Å². The number of rotatable bonds is 4. The topological polar surface area (TPSA) is 86.5 Å². The van der Waals surface area contributed by atoms with E-state index in [0.717, 1.165) is 12.8 Å². The highest BCUT2D eigenvalue weighted by Gasteiger charge is 2.24. The predicted octanol–water partition coefficient (Wildman–Crippen LogP) is 0.688. The van der Waals surface area contributed by atoms with E-state index in [0.29, 0.717) is 12.0 Å². The Morgan fingerprint density at radius 2 is 2.06 bits per heavy atom. The first-order valence-electron chi connectivity index (χ1n) is 4.79. The van der Waals surface area contributed by atoms with Gasteiger partial charge in [-0.2, -0.15) is 0 Å². The Balaban J connectivity index is 2.41. The first-order chi connectivity index (χ1) is 7.50. The third-order valence-corrected chi connectivity index (χ3v) is 3.21. The van der Waals surface area contributed by atoms with Gasteiger partial charge in [0.05, 0.1) is 11.0 Å². The van der Waals surface area contributed by atoms with Crippen LogP contribution in [0.5, 0.6) is 5.75 Å². The van der Waals surface area contributed by atoms with Gasteiger partial charge >= 0.3 is 0 Å². The van der Waals surface area contributed by atoms with Crippen LogP contribution in [0.25, 0.3) is 0 Å². The van der Waals surface area contributed by atoms with E-state index in [2.05, 4.69) is 0 Å². The smallest absolute Gasteiger partial charge is 0.238 e. The van der Waals surface area contributed by atoms with Crippen LogP contribution in [0.15, 0.2) is 23.1 Å². The second-order valence-corrected chi connectivity index (χ2v) is 5.21. The van der Waals surface area contributed by atoms with Crippen molar-refractivity contribution in [2.45, 2.75) is 23.8 Å². The Labute approximate surface area is 93.3 Å². The van der Waals surface area contributed by atoms with Crippen LogP contribution >= 0.6 is 0 Å². The summed E-state index contributed by atoms with van der Waals surface area (Å²) in [5.41, 5.74) is 0.0469. The molecule has 1 aliphatic rings. The molecule has 0 atom stereocenters. The van der Waals surface area contributed by atoms with Crippen LogP contribution in [-0.4, -0.2) is 20.8 Å². The minimum atomic E-state index is -3.89. The van der Waals surface area contributed by atoms with Gasteiger partial charge in [-0.05, 0) is 25.0 Å². The van der Waals surface area contributed by atoms with E-state index >= 15 is 0 Å². The molecule has 1 aromatic carbocycles. The molecule has 0 radical (unpaired) electrons. The van der Waals surface area contributed by atoms with Crippen molar-refractivity contribution >= 4 is 16.3 Å². The third-order valence-electron chi connectivity index (χ3n) is 2.25. The fraction of sp³-hybridized carbons (Fsp3) is 0.300. The molecule has 0 aromatic heterocycles. The van der Waals surface area contributed by atoms with Crippen LogP contribution < -0.4 is 9.88 Å². The second kappa shape index (κ2) is 3.88. The molecule has 1 aromatic rings. The molecule has 0 saturated heterocycles. The number of carbonyl (C=O) groups excluding carboxylic acids is 1. The van der Waals surface area contributed by atoms with Crippen molar-refractivity contribution in [1.29, 1.82) is 0 Å². The lowest BCUT2D eigenvalue weighted by Gasteiger charge is -2.07. The van der Waals surface area contributed by atoms with Gasteiger partial charge in [-0.15, -0.1) is 0 Å². The van der Waals surface area contributed by atoms with E-state index < -0.39 is 10.0 Å². The number of benzene rings is 1. The van der Waals surface area contributed by atoms with Crippen molar-refractivity contribution in [3.05, 3.63) is 23.8 Å². The number of hydrogen-bond donors (Lipinski definition) is 1. The summed E-state index contributed by atoms with van der Waals surface area (Å²) in [6, 6.07) is 4.25. The second-order valence-electron chi connectivity index (χ2n) is 3.68. The Kier molecular flexibility index (Phi) is 2.69. The first-order valence-corrected chi connectivity index (χ1v) is 6.34. The zero-order valence-electron chi connectivity index (χ0n) is 8.42. The molecule has 1 fully saturated rings. The molecule has 2 rings (SSSR count). The first kappa shape index (κ1) is 11.1. The van der Waals surface area contributed by atoms with Gasteiger partial charge in [-0.25, -0.2) is 13.6 Å². The summed E-state index contributed by atoms with van der Waals surface area (Å²) in [4.78, 5) is 10.5. The van der Waals surface area contributed by atoms with Crippen molar-refractivity contribution in [1.82, 2.24) is 0 Å². The van der Waals surface area contributed by atoms with Gasteiger partial charge in [-0.1, -0.05) is 0 Å². The van der Waals surface area contributed by atoms with E-state index in [9.17, 15) is 13.2 Å². The summed E-state index contributed by atoms with van der Waals surface area (Å²) < 4.78 is 27.9. The van der Waals surface area contributed by atoms with Crippen LogP contribution in [-0.2, 0) is 10.0 Å². The number of aldehydes is 1. The molecule has 6 heteroatoms. The Hall–Kier alpha value is -1.40. The molecule has 5 nitrogen and oxygen atoms in total. The van der Waals surface area contributed by atoms with Crippen molar-refractivity contribution in [2.24, 2.45) is 5.14 Å². The zero-order chi connectivity index (χ0) is 11.8. The monoisotopic (exact) mass is 241 g/mol. The molecule has 0 amide bonds. The van der Waals surface area contributed by atoms with Crippen LogP contribution in [0.2, 0.25) is 0 Å². The molecular formula is C10H11NO4S. The lowest BCUT2D eigenvalue weighted by Crippen LogP contribution is -2.14. The zero-order valence-corrected chi connectivity index (χ0v) is 9.24.